The first-order valence-corrected chi connectivity index (χ1v) is 8.95. The largest absolute Gasteiger partial charge is 0.466 e. The molecule has 30 heavy (non-hydrogen) atoms. The molecule has 9 heteroatoms. The van der Waals surface area contributed by atoms with Gasteiger partial charge in [0.25, 0.3) is 12.0 Å². The Bertz CT molecular complexity index is 1080. The zero-order chi connectivity index (χ0) is 21.8. The van der Waals surface area contributed by atoms with Crippen molar-refractivity contribution in [2.75, 3.05) is 6.61 Å². The van der Waals surface area contributed by atoms with Crippen LogP contribution in [0.2, 0.25) is 0 Å². The molecule has 0 aliphatic rings. The molecule has 0 saturated heterocycles. The third kappa shape index (κ3) is 4.29. The van der Waals surface area contributed by atoms with Crippen molar-refractivity contribution in [3.8, 4) is 17.0 Å². The van der Waals surface area contributed by atoms with Crippen LogP contribution in [0, 0.1) is 18.6 Å². The van der Waals surface area contributed by atoms with Gasteiger partial charge in [0.2, 0.25) is 5.89 Å². The third-order valence-corrected chi connectivity index (χ3v) is 4.14. The zero-order valence-electron chi connectivity index (χ0n) is 16.1. The van der Waals surface area contributed by atoms with Gasteiger partial charge in [-0.2, -0.15) is 0 Å². The first-order valence-electron chi connectivity index (χ1n) is 8.95. The molecule has 0 spiro atoms. The van der Waals surface area contributed by atoms with Crippen molar-refractivity contribution in [3.63, 3.8) is 0 Å². The van der Waals surface area contributed by atoms with Crippen molar-refractivity contribution in [2.45, 2.75) is 20.0 Å². The van der Waals surface area contributed by atoms with Crippen LogP contribution in [0.1, 0.15) is 34.8 Å². The van der Waals surface area contributed by atoms with Crippen molar-refractivity contribution in [1.29, 1.82) is 0 Å². The van der Waals surface area contributed by atoms with Crippen molar-refractivity contribution < 1.29 is 32.3 Å². The van der Waals surface area contributed by atoms with Gasteiger partial charge >= 0.3 is 5.97 Å². The van der Waals surface area contributed by atoms with Crippen LogP contribution in [-0.4, -0.2) is 23.5 Å². The molecule has 0 saturated carbocycles. The van der Waals surface area contributed by atoms with E-state index in [1.807, 2.05) is 31.2 Å². The lowest BCUT2D eigenvalue weighted by Crippen LogP contribution is -2.23. The van der Waals surface area contributed by atoms with Crippen LogP contribution < -0.4 is 10.5 Å². The molecule has 0 aliphatic heterocycles. The summed E-state index contributed by atoms with van der Waals surface area (Å²) in [6, 6.07) is 9.11. The fourth-order valence-corrected chi connectivity index (χ4v) is 2.66. The van der Waals surface area contributed by atoms with E-state index in [9.17, 15) is 18.4 Å². The van der Waals surface area contributed by atoms with E-state index in [0.29, 0.717) is 5.69 Å². The second-order valence-corrected chi connectivity index (χ2v) is 6.29. The van der Waals surface area contributed by atoms with E-state index in [1.165, 1.54) is 6.26 Å². The van der Waals surface area contributed by atoms with E-state index in [1.54, 1.807) is 6.92 Å². The number of primary amides is 1. The van der Waals surface area contributed by atoms with Gasteiger partial charge in [0.15, 0.2) is 11.6 Å². The Morgan fingerprint density at radius 2 is 1.87 bits per heavy atom. The minimum Gasteiger partial charge on any atom is -0.466 e. The number of benzene rings is 2. The molecular formula is C21H18F2N2O5. The molecule has 1 aromatic heterocycles. The number of amides is 1. The maximum absolute atomic E-state index is 14.5. The topological polar surface area (TPSA) is 105 Å². The number of oxazole rings is 1. The number of halogens is 2. The molecule has 0 radical (unpaired) electrons. The Balaban J connectivity index is 1.97. The number of ether oxygens (including phenoxy) is 2. The molecule has 2 aromatic carbocycles. The number of nitrogens with two attached hydrogens (primary N) is 1. The summed E-state index contributed by atoms with van der Waals surface area (Å²) in [7, 11) is 0. The maximum Gasteiger partial charge on any atom is 0.357 e. The van der Waals surface area contributed by atoms with Crippen molar-refractivity contribution >= 4 is 11.9 Å². The van der Waals surface area contributed by atoms with Crippen LogP contribution in [0.3, 0.4) is 0 Å². The van der Waals surface area contributed by atoms with Gasteiger partial charge in [-0.1, -0.05) is 29.8 Å². The highest BCUT2D eigenvalue weighted by Gasteiger charge is 2.32. The standard InChI is InChI=1S/C21H18F2N2O5/c1-3-28-21(27)18(30-15-9-8-13(22)16(17(15)23)19(24)26)20-25-14(10-29-20)12-6-4-11(2)5-7-12/h4-10,18H,3H2,1-2H3,(H2,24,26). The van der Waals surface area contributed by atoms with Gasteiger partial charge < -0.3 is 19.6 Å². The van der Waals surface area contributed by atoms with Gasteiger partial charge in [-0.25, -0.2) is 18.6 Å². The summed E-state index contributed by atoms with van der Waals surface area (Å²) < 4.78 is 44.0. The quantitative estimate of drug-likeness (QED) is 0.589. The van der Waals surface area contributed by atoms with Gasteiger partial charge in [-0.05, 0) is 26.0 Å². The Morgan fingerprint density at radius 3 is 2.50 bits per heavy atom. The molecule has 0 fully saturated rings. The highest BCUT2D eigenvalue weighted by molar-refractivity contribution is 5.93. The van der Waals surface area contributed by atoms with Gasteiger partial charge in [0, 0.05) is 5.56 Å². The summed E-state index contributed by atoms with van der Waals surface area (Å²) >= 11 is 0. The molecule has 7 nitrogen and oxygen atoms in total. The molecule has 3 rings (SSSR count). The number of carbonyl (C=O) groups is 2. The number of hydrogen-bond donors (Lipinski definition) is 1. The Kier molecular flexibility index (Phi) is 6.10. The predicted octanol–water partition coefficient (Wildman–Crippen LogP) is 3.71. The van der Waals surface area contributed by atoms with Crippen LogP contribution >= 0.6 is 0 Å². The van der Waals surface area contributed by atoms with E-state index in [0.717, 1.165) is 23.3 Å². The molecule has 0 bridgehead atoms. The molecule has 0 aliphatic carbocycles. The predicted molar refractivity (Wildman–Crippen MR) is 102 cm³/mol. The number of aromatic nitrogens is 1. The van der Waals surface area contributed by atoms with E-state index in [4.69, 9.17) is 19.6 Å². The van der Waals surface area contributed by atoms with Crippen molar-refractivity contribution in [1.82, 2.24) is 4.98 Å². The third-order valence-electron chi connectivity index (χ3n) is 4.14. The SMILES string of the molecule is CCOC(=O)C(Oc1ccc(F)c(C(N)=O)c1F)c1nc(-c2ccc(C)cc2)co1. The van der Waals surface area contributed by atoms with E-state index in [2.05, 4.69) is 4.98 Å². The second kappa shape index (κ2) is 8.73. The zero-order valence-corrected chi connectivity index (χ0v) is 16.1. The number of hydrogen-bond acceptors (Lipinski definition) is 6. The van der Waals surface area contributed by atoms with Gasteiger partial charge in [0.05, 0.1) is 6.61 Å². The maximum atomic E-state index is 14.5. The minimum atomic E-state index is -1.59. The summed E-state index contributed by atoms with van der Waals surface area (Å²) in [4.78, 5) is 28.0. The summed E-state index contributed by atoms with van der Waals surface area (Å²) in [5.41, 5.74) is 6.22. The average molecular weight is 416 g/mol. The van der Waals surface area contributed by atoms with Gasteiger partial charge in [0.1, 0.15) is 23.3 Å². The van der Waals surface area contributed by atoms with Crippen LogP contribution in [0.4, 0.5) is 8.78 Å². The summed E-state index contributed by atoms with van der Waals surface area (Å²) in [5, 5.41) is 0. The molecule has 1 heterocycles. The van der Waals surface area contributed by atoms with Crippen LogP contribution in [0.5, 0.6) is 5.75 Å². The average Bonchev–Trinajstić information content (AvgIpc) is 3.17. The number of rotatable bonds is 7. The normalized spacial score (nSPS) is 11.7. The molecule has 2 N–H and O–H groups in total. The summed E-state index contributed by atoms with van der Waals surface area (Å²) in [6.45, 7) is 3.52. The second-order valence-electron chi connectivity index (χ2n) is 6.29. The first kappa shape index (κ1) is 21.0. The Morgan fingerprint density at radius 1 is 1.17 bits per heavy atom. The summed E-state index contributed by atoms with van der Waals surface area (Å²) in [5.74, 6) is -5.51. The number of aryl methyl sites for hydroxylation is 1. The number of carbonyl (C=O) groups excluding carboxylic acids is 2. The molecular weight excluding hydrogens is 398 g/mol. The van der Waals surface area contributed by atoms with Crippen molar-refractivity contribution in [2.24, 2.45) is 5.73 Å². The molecule has 1 unspecified atom stereocenters. The Hall–Kier alpha value is -3.75. The van der Waals surface area contributed by atoms with E-state index in [-0.39, 0.29) is 12.5 Å². The lowest BCUT2D eigenvalue weighted by Gasteiger charge is -2.16. The smallest absolute Gasteiger partial charge is 0.357 e. The van der Waals surface area contributed by atoms with Crippen molar-refractivity contribution in [3.05, 3.63) is 71.3 Å². The fraction of sp³-hybridized carbons (Fsp3) is 0.190. The lowest BCUT2D eigenvalue weighted by atomic mass is 10.1. The monoisotopic (exact) mass is 416 g/mol. The highest BCUT2D eigenvalue weighted by atomic mass is 19.1. The molecule has 1 amide bonds. The number of esters is 1. The number of nitrogens with zero attached hydrogens (tertiary/aromatic N) is 1. The summed E-state index contributed by atoms with van der Waals surface area (Å²) in [6.07, 6.45) is -0.282. The van der Waals surface area contributed by atoms with Gasteiger partial charge in [-0.3, -0.25) is 4.79 Å². The van der Waals surface area contributed by atoms with Crippen LogP contribution in [0.15, 0.2) is 47.1 Å². The van der Waals surface area contributed by atoms with Crippen LogP contribution in [0.25, 0.3) is 11.3 Å². The molecule has 156 valence electrons. The highest BCUT2D eigenvalue weighted by Crippen LogP contribution is 2.30. The first-order chi connectivity index (χ1) is 14.3. The Labute approximate surface area is 170 Å². The fourth-order valence-electron chi connectivity index (χ4n) is 2.66. The van der Waals surface area contributed by atoms with Gasteiger partial charge in [-0.15, -0.1) is 0 Å². The van der Waals surface area contributed by atoms with E-state index >= 15 is 0 Å². The molecule has 1 atom stereocenters. The lowest BCUT2D eigenvalue weighted by molar-refractivity contribution is -0.152. The van der Waals surface area contributed by atoms with E-state index < -0.39 is 40.9 Å². The molecule has 3 aromatic rings. The minimum absolute atomic E-state index is 0.0165. The van der Waals surface area contributed by atoms with Crippen LogP contribution in [-0.2, 0) is 9.53 Å².